The quantitative estimate of drug-likeness (QED) is 0.152. The minimum Gasteiger partial charge on any atom is -0.0616 e. The lowest BCUT2D eigenvalue weighted by molar-refractivity contribution is 0.661. The highest BCUT2D eigenvalue weighted by Crippen LogP contribution is 2.52. The Labute approximate surface area is 379 Å². The Hall–Kier alpha value is -8.06. The number of hydrogen-bond acceptors (Lipinski definition) is 0. The second-order valence-electron chi connectivity index (χ2n) is 18.8. The molecule has 0 heteroatoms. The van der Waals surface area contributed by atoms with Gasteiger partial charge in [0.15, 0.2) is 0 Å². The van der Waals surface area contributed by atoms with Gasteiger partial charge in [-0.1, -0.05) is 220 Å². The monoisotopic (exact) mass is 822 g/mol. The van der Waals surface area contributed by atoms with Crippen LogP contribution in [0.3, 0.4) is 0 Å². The Morgan fingerprint density at radius 2 is 0.600 bits per heavy atom. The average molecular weight is 823 g/mol. The molecule has 0 saturated carbocycles. The summed E-state index contributed by atoms with van der Waals surface area (Å²) in [5.41, 5.74) is 23.2. The van der Waals surface area contributed by atoms with Gasteiger partial charge in [0.05, 0.1) is 0 Å². The van der Waals surface area contributed by atoms with E-state index >= 15 is 0 Å². The van der Waals surface area contributed by atoms with Crippen LogP contribution in [0.4, 0.5) is 0 Å². The van der Waals surface area contributed by atoms with Crippen LogP contribution in [0.2, 0.25) is 0 Å². The first-order chi connectivity index (χ1) is 32.0. The molecule has 0 saturated heterocycles. The maximum Gasteiger partial charge on any atom is 0.0159 e. The Morgan fingerprint density at radius 1 is 0.231 bits per heavy atom. The van der Waals surface area contributed by atoms with Crippen molar-refractivity contribution in [2.24, 2.45) is 0 Å². The molecule has 0 spiro atoms. The van der Waals surface area contributed by atoms with Crippen LogP contribution >= 0.6 is 0 Å². The Balaban J connectivity index is 0.726. The van der Waals surface area contributed by atoms with Crippen LogP contribution in [-0.4, -0.2) is 0 Å². The van der Waals surface area contributed by atoms with Crippen molar-refractivity contribution in [3.8, 4) is 89.0 Å². The van der Waals surface area contributed by atoms with Gasteiger partial charge in [-0.3, -0.25) is 0 Å². The van der Waals surface area contributed by atoms with E-state index in [4.69, 9.17) is 0 Å². The highest BCUT2D eigenvalue weighted by Gasteiger charge is 2.36. The second kappa shape index (κ2) is 13.5. The summed E-state index contributed by atoms with van der Waals surface area (Å²) in [5, 5.41) is 10.6. The molecule has 0 fully saturated rings. The molecular formula is C65H42. The lowest BCUT2D eigenvalue weighted by Crippen LogP contribution is -2.15. The molecule has 2 aliphatic carbocycles. The molecule has 0 bridgehead atoms. The van der Waals surface area contributed by atoms with Gasteiger partial charge in [0, 0.05) is 5.41 Å². The first kappa shape index (κ1) is 36.4. The van der Waals surface area contributed by atoms with E-state index < -0.39 is 0 Å². The topological polar surface area (TPSA) is 0 Å². The Bertz CT molecular complexity index is 3870. The largest absolute Gasteiger partial charge is 0.0616 e. The molecule has 0 N–H and O–H groups in total. The van der Waals surface area contributed by atoms with Crippen molar-refractivity contribution < 1.29 is 0 Å². The van der Waals surface area contributed by atoms with E-state index in [0.29, 0.717) is 0 Å². The molecule has 12 aromatic rings. The molecular weight excluding hydrogens is 781 g/mol. The van der Waals surface area contributed by atoms with Crippen molar-refractivity contribution in [2.75, 3.05) is 0 Å². The van der Waals surface area contributed by atoms with Crippen LogP contribution in [0.5, 0.6) is 0 Å². The molecule has 0 aliphatic heterocycles. The maximum atomic E-state index is 2.43. The highest BCUT2D eigenvalue weighted by molar-refractivity contribution is 6.25. The standard InChI is InChI=1S/C65H42/c1-65(2)60-37-48(41-15-13-39(14-16-41)40-17-21-44(22-18-40)51-35-36-59-53-10-4-3-9-52(53)57-12-6-11-56(51)64(57)59)29-32-54(60)55-33-30-49(38-61(55)65)42-19-23-43(24-20-42)50-31-27-47-26-25-45-7-5-8-46-28-34-58(50)63(47)62(45)46/h3-38H,1-2H3. The predicted molar refractivity (Wildman–Crippen MR) is 277 cm³/mol. The van der Waals surface area contributed by atoms with Crippen molar-refractivity contribution in [1.82, 2.24) is 0 Å². The first-order valence-electron chi connectivity index (χ1n) is 22.9. The zero-order valence-corrected chi connectivity index (χ0v) is 36.3. The van der Waals surface area contributed by atoms with Crippen molar-refractivity contribution in [1.29, 1.82) is 0 Å². The Kier molecular flexibility index (Phi) is 7.55. The summed E-state index contributed by atoms with van der Waals surface area (Å²) in [5.74, 6) is 0. The van der Waals surface area contributed by atoms with Crippen molar-refractivity contribution in [3.05, 3.63) is 230 Å². The van der Waals surface area contributed by atoms with Crippen LogP contribution < -0.4 is 0 Å². The van der Waals surface area contributed by atoms with E-state index in [9.17, 15) is 0 Å². The van der Waals surface area contributed by atoms with Gasteiger partial charge in [0.1, 0.15) is 0 Å². The third-order valence-corrected chi connectivity index (χ3v) is 15.0. The van der Waals surface area contributed by atoms with Gasteiger partial charge in [0.25, 0.3) is 0 Å². The zero-order valence-electron chi connectivity index (χ0n) is 36.3. The maximum absolute atomic E-state index is 2.43. The predicted octanol–water partition coefficient (Wildman–Crippen LogP) is 18.0. The highest BCUT2D eigenvalue weighted by atomic mass is 14.4. The number of hydrogen-bond donors (Lipinski definition) is 0. The van der Waals surface area contributed by atoms with Gasteiger partial charge >= 0.3 is 0 Å². The minimum atomic E-state index is -0.130. The van der Waals surface area contributed by atoms with Crippen molar-refractivity contribution in [3.63, 3.8) is 0 Å². The fourth-order valence-corrected chi connectivity index (χ4v) is 11.7. The first-order valence-corrected chi connectivity index (χ1v) is 22.9. The molecule has 302 valence electrons. The SMILES string of the molecule is CC1(C)c2cc(-c3ccc(-c4ccc(-c5ccc6c7c(cccc57)-c5ccccc5-6)cc4)cc3)ccc2-c2ccc(-c3ccc(-c4ccc5ccc6cccc7ccc4c5c67)cc3)cc21. The third-order valence-electron chi connectivity index (χ3n) is 15.0. The van der Waals surface area contributed by atoms with Gasteiger partial charge in [-0.05, 0) is 155 Å². The summed E-state index contributed by atoms with van der Waals surface area (Å²) in [6.45, 7) is 4.77. The van der Waals surface area contributed by atoms with Crippen molar-refractivity contribution >= 4 is 43.1 Å². The van der Waals surface area contributed by atoms with E-state index in [-0.39, 0.29) is 5.41 Å². The van der Waals surface area contributed by atoms with Gasteiger partial charge in [-0.15, -0.1) is 0 Å². The minimum absolute atomic E-state index is 0.130. The van der Waals surface area contributed by atoms with Crippen LogP contribution in [0.15, 0.2) is 218 Å². The second-order valence-corrected chi connectivity index (χ2v) is 18.8. The van der Waals surface area contributed by atoms with Gasteiger partial charge in [-0.25, -0.2) is 0 Å². The normalized spacial score (nSPS) is 13.2. The smallest absolute Gasteiger partial charge is 0.0159 e. The van der Waals surface area contributed by atoms with E-state index in [2.05, 4.69) is 232 Å². The number of benzene rings is 12. The molecule has 0 unspecified atom stereocenters. The van der Waals surface area contributed by atoms with Crippen molar-refractivity contribution in [2.45, 2.75) is 19.3 Å². The number of rotatable bonds is 5. The molecule has 0 aromatic heterocycles. The third kappa shape index (κ3) is 5.32. The molecule has 0 amide bonds. The molecule has 0 atom stereocenters. The fraction of sp³-hybridized carbons (Fsp3) is 0.0462. The van der Waals surface area contributed by atoms with E-state index in [1.54, 1.807) is 0 Å². The van der Waals surface area contributed by atoms with Crippen LogP contribution in [-0.2, 0) is 5.41 Å². The Morgan fingerprint density at radius 3 is 1.17 bits per heavy atom. The van der Waals surface area contributed by atoms with Gasteiger partial charge < -0.3 is 0 Å². The zero-order chi connectivity index (χ0) is 43.0. The molecule has 0 radical (unpaired) electrons. The summed E-state index contributed by atoms with van der Waals surface area (Å²) in [4.78, 5) is 0. The molecule has 14 rings (SSSR count). The molecule has 2 aliphatic rings. The lowest BCUT2D eigenvalue weighted by atomic mass is 9.80. The molecule has 12 aromatic carbocycles. The summed E-state index contributed by atoms with van der Waals surface area (Å²) in [7, 11) is 0. The van der Waals surface area contributed by atoms with E-state index in [0.717, 1.165) is 0 Å². The van der Waals surface area contributed by atoms with E-state index in [1.807, 2.05) is 0 Å². The van der Waals surface area contributed by atoms with Crippen LogP contribution in [0.25, 0.3) is 132 Å². The summed E-state index contributed by atoms with van der Waals surface area (Å²) in [6.07, 6.45) is 0. The van der Waals surface area contributed by atoms with Crippen LogP contribution in [0.1, 0.15) is 25.0 Å². The summed E-state index contributed by atoms with van der Waals surface area (Å²) >= 11 is 0. The fourth-order valence-electron chi connectivity index (χ4n) is 11.7. The molecule has 0 heterocycles. The average Bonchev–Trinajstić information content (AvgIpc) is 3.81. The summed E-state index contributed by atoms with van der Waals surface area (Å²) in [6, 6.07) is 82.0. The van der Waals surface area contributed by atoms with Gasteiger partial charge in [0.2, 0.25) is 0 Å². The molecule has 0 nitrogen and oxygen atoms in total. The van der Waals surface area contributed by atoms with Gasteiger partial charge in [-0.2, -0.15) is 0 Å². The number of fused-ring (bicyclic) bond motifs is 6. The van der Waals surface area contributed by atoms with E-state index in [1.165, 1.54) is 143 Å². The van der Waals surface area contributed by atoms with Crippen LogP contribution in [0, 0.1) is 0 Å². The lowest BCUT2D eigenvalue weighted by Gasteiger charge is -2.22. The molecule has 65 heavy (non-hydrogen) atoms. The summed E-state index contributed by atoms with van der Waals surface area (Å²) < 4.78 is 0.